The maximum Gasteiger partial charge on any atom is 0.525 e. The summed E-state index contributed by atoms with van der Waals surface area (Å²) in [6, 6.07) is 19.4. The van der Waals surface area contributed by atoms with E-state index in [1.807, 2.05) is 86.5 Å². The van der Waals surface area contributed by atoms with Gasteiger partial charge in [0, 0.05) is 56.3 Å². The highest BCUT2D eigenvalue weighted by Gasteiger charge is 2.25. The molecule has 10 nitrogen and oxygen atoms in total. The molecule has 4 aromatic rings. The molecule has 0 saturated carbocycles. The maximum atomic E-state index is 11.5. The number of aromatic amines is 1. The fraction of sp³-hybridized carbons (Fsp3) is 0.222. The zero-order chi connectivity index (χ0) is 27.6. The van der Waals surface area contributed by atoms with Crippen LogP contribution in [0.2, 0.25) is 0 Å². The van der Waals surface area contributed by atoms with Gasteiger partial charge in [0.1, 0.15) is 5.82 Å². The number of rotatable bonds is 9. The lowest BCUT2D eigenvalue weighted by atomic mass is 10.0. The molecular weight excluding hydrogens is 507 g/mol. The Morgan fingerprint density at radius 3 is 1.66 bits per heavy atom. The third-order valence-electron chi connectivity index (χ3n) is 5.98. The third kappa shape index (κ3) is 5.78. The van der Waals surface area contributed by atoms with E-state index in [-0.39, 0.29) is 17.2 Å². The summed E-state index contributed by atoms with van der Waals surface area (Å²) in [6.07, 6.45) is 0. The number of hydrogen-bond donors (Lipinski definition) is 3. The van der Waals surface area contributed by atoms with Gasteiger partial charge in [0.05, 0.1) is 25.6 Å². The molecule has 0 amide bonds. The van der Waals surface area contributed by atoms with Crippen molar-refractivity contribution in [2.45, 2.75) is 0 Å². The largest absolute Gasteiger partial charge is 0.525 e. The summed E-state index contributed by atoms with van der Waals surface area (Å²) in [6.45, 7) is 0. The summed E-state index contributed by atoms with van der Waals surface area (Å²) in [7, 11) is 5.85. The number of hydrogen-bond acceptors (Lipinski definition) is 7. The summed E-state index contributed by atoms with van der Waals surface area (Å²) >= 11 is 0. The Labute approximate surface area is 221 Å². The first-order chi connectivity index (χ1) is 18.0. The molecule has 0 spiro atoms. The van der Waals surface area contributed by atoms with E-state index >= 15 is 0 Å². The molecule has 11 heteroatoms. The van der Waals surface area contributed by atoms with Gasteiger partial charge in [-0.3, -0.25) is 9.79 Å². The number of anilines is 2. The van der Waals surface area contributed by atoms with Gasteiger partial charge in [-0.05, 0) is 36.4 Å². The van der Waals surface area contributed by atoms with E-state index < -0.39 is 7.82 Å². The van der Waals surface area contributed by atoms with Crippen LogP contribution in [0, 0.1) is 0 Å². The van der Waals surface area contributed by atoms with Crippen LogP contribution in [0.25, 0.3) is 33.9 Å². The standard InChI is InChI=1S/C27H31N4O6P/c1-30(2)20-11-7-17(8-12-20)24-25(18-9-13-21(14-10-18)31(3)4)29-27(28-24)19-15-22(35-5)26(23(16-19)36-6)37-38(32,33)34/h7-16H,1-6H3,(H,28,29)(H2,32,33,34). The smallest absolute Gasteiger partial charge is 0.493 e. The number of nitrogens with zero attached hydrogens (tertiary/aromatic N) is 3. The predicted octanol–water partition coefficient (Wildman–Crippen LogP) is 5.03. The predicted molar refractivity (Wildman–Crippen MR) is 149 cm³/mol. The van der Waals surface area contributed by atoms with Gasteiger partial charge < -0.3 is 28.8 Å². The van der Waals surface area contributed by atoms with Gasteiger partial charge in [-0.1, -0.05) is 24.3 Å². The van der Waals surface area contributed by atoms with Gasteiger partial charge in [-0.2, -0.15) is 0 Å². The van der Waals surface area contributed by atoms with E-state index in [4.69, 9.17) is 19.0 Å². The molecule has 0 fully saturated rings. The van der Waals surface area contributed by atoms with Crippen LogP contribution in [0.3, 0.4) is 0 Å². The van der Waals surface area contributed by atoms with E-state index in [0.29, 0.717) is 11.4 Å². The monoisotopic (exact) mass is 538 g/mol. The van der Waals surface area contributed by atoms with Crippen molar-refractivity contribution < 1.29 is 28.3 Å². The molecule has 200 valence electrons. The zero-order valence-electron chi connectivity index (χ0n) is 22.1. The van der Waals surface area contributed by atoms with Gasteiger partial charge >= 0.3 is 7.82 Å². The van der Waals surface area contributed by atoms with Crippen LogP contribution in [-0.2, 0) is 4.57 Å². The van der Waals surface area contributed by atoms with Crippen molar-refractivity contribution in [2.75, 3.05) is 52.2 Å². The second-order valence-electron chi connectivity index (χ2n) is 8.98. The highest BCUT2D eigenvalue weighted by atomic mass is 31.2. The molecule has 3 N–H and O–H groups in total. The number of imidazole rings is 1. The van der Waals surface area contributed by atoms with E-state index in [9.17, 15) is 14.4 Å². The average molecular weight is 539 g/mol. The van der Waals surface area contributed by atoms with Gasteiger partial charge in [0.2, 0.25) is 5.75 Å². The Balaban J connectivity index is 1.88. The SMILES string of the molecule is COc1cc(-c2nc(-c3ccc(N(C)C)cc3)c(-c3ccc(N(C)C)cc3)[nH]2)cc(OC)c1OP(=O)(O)O. The normalized spacial score (nSPS) is 11.3. The van der Waals surface area contributed by atoms with Crippen LogP contribution in [0.5, 0.6) is 17.2 Å². The number of ether oxygens (including phenoxy) is 2. The molecule has 0 bridgehead atoms. The lowest BCUT2D eigenvalue weighted by molar-refractivity contribution is 0.269. The molecule has 0 saturated heterocycles. The second kappa shape index (κ2) is 10.8. The minimum atomic E-state index is -4.85. The number of nitrogens with one attached hydrogen (secondary N) is 1. The molecule has 0 aliphatic carbocycles. The maximum absolute atomic E-state index is 11.5. The summed E-state index contributed by atoms with van der Waals surface area (Å²) in [5.41, 5.74) is 6.15. The highest BCUT2D eigenvalue weighted by Crippen LogP contribution is 2.49. The van der Waals surface area contributed by atoms with E-state index in [1.165, 1.54) is 14.2 Å². The average Bonchev–Trinajstić information content (AvgIpc) is 3.33. The second-order valence-corrected chi connectivity index (χ2v) is 10.1. The fourth-order valence-corrected chi connectivity index (χ4v) is 4.41. The van der Waals surface area contributed by atoms with Crippen LogP contribution in [-0.4, -0.2) is 62.2 Å². The van der Waals surface area contributed by atoms with Crippen molar-refractivity contribution in [3.05, 3.63) is 60.7 Å². The third-order valence-corrected chi connectivity index (χ3v) is 6.40. The first-order valence-electron chi connectivity index (χ1n) is 11.7. The molecular formula is C27H31N4O6P. The Bertz CT molecular complexity index is 1370. The van der Waals surface area contributed by atoms with E-state index in [2.05, 4.69) is 4.98 Å². The number of aromatic nitrogens is 2. The van der Waals surface area contributed by atoms with Crippen molar-refractivity contribution in [3.8, 4) is 51.2 Å². The molecule has 0 aliphatic heterocycles. The number of H-pyrrole nitrogens is 1. The molecule has 38 heavy (non-hydrogen) atoms. The summed E-state index contributed by atoms with van der Waals surface area (Å²) in [5.74, 6) is 0.501. The van der Waals surface area contributed by atoms with E-state index in [1.54, 1.807) is 12.1 Å². The highest BCUT2D eigenvalue weighted by molar-refractivity contribution is 7.46. The molecule has 0 aliphatic rings. The molecule has 3 aromatic carbocycles. The number of methoxy groups -OCH3 is 2. The Morgan fingerprint density at radius 2 is 1.24 bits per heavy atom. The molecule has 0 radical (unpaired) electrons. The van der Waals surface area contributed by atoms with Crippen molar-refractivity contribution in [3.63, 3.8) is 0 Å². The van der Waals surface area contributed by atoms with Crippen LogP contribution >= 0.6 is 7.82 Å². The van der Waals surface area contributed by atoms with Gasteiger partial charge in [0.25, 0.3) is 0 Å². The first kappa shape index (κ1) is 27.1. The number of benzene rings is 3. The minimum Gasteiger partial charge on any atom is -0.493 e. The lowest BCUT2D eigenvalue weighted by Gasteiger charge is -2.15. The summed E-state index contributed by atoms with van der Waals surface area (Å²) < 4.78 is 27.1. The van der Waals surface area contributed by atoms with Crippen molar-refractivity contribution in [1.29, 1.82) is 0 Å². The van der Waals surface area contributed by atoms with Gasteiger partial charge in [-0.15, -0.1) is 0 Å². The fourth-order valence-electron chi connectivity index (χ4n) is 4.00. The zero-order valence-corrected chi connectivity index (χ0v) is 23.0. The summed E-state index contributed by atoms with van der Waals surface area (Å²) in [4.78, 5) is 31.1. The quantitative estimate of drug-likeness (QED) is 0.252. The Kier molecular flexibility index (Phi) is 7.68. The van der Waals surface area contributed by atoms with E-state index in [0.717, 1.165) is 33.9 Å². The molecule has 0 unspecified atom stereocenters. The topological polar surface area (TPSA) is 120 Å². The summed E-state index contributed by atoms with van der Waals surface area (Å²) in [5, 5.41) is 0. The molecule has 1 heterocycles. The Hall–Kier alpha value is -3.98. The van der Waals surface area contributed by atoms with Gasteiger partial charge in [-0.25, -0.2) is 9.55 Å². The first-order valence-corrected chi connectivity index (χ1v) is 13.2. The van der Waals surface area contributed by atoms with Crippen LogP contribution in [0.1, 0.15) is 0 Å². The Morgan fingerprint density at radius 1 is 0.763 bits per heavy atom. The minimum absolute atomic E-state index is 0.0906. The molecule has 0 atom stereocenters. The van der Waals surface area contributed by atoms with Crippen molar-refractivity contribution in [1.82, 2.24) is 9.97 Å². The molecule has 1 aromatic heterocycles. The van der Waals surface area contributed by atoms with Crippen molar-refractivity contribution in [2.24, 2.45) is 0 Å². The van der Waals surface area contributed by atoms with Crippen LogP contribution in [0.15, 0.2) is 60.7 Å². The van der Waals surface area contributed by atoms with Crippen LogP contribution in [0.4, 0.5) is 11.4 Å². The van der Waals surface area contributed by atoms with Crippen molar-refractivity contribution >= 4 is 19.2 Å². The number of phosphoric ester groups is 1. The van der Waals surface area contributed by atoms with Crippen LogP contribution < -0.4 is 23.8 Å². The van der Waals surface area contributed by atoms with Gasteiger partial charge in [0.15, 0.2) is 11.5 Å². The number of phosphoric acid groups is 1. The lowest BCUT2D eigenvalue weighted by Crippen LogP contribution is -2.08. The molecule has 4 rings (SSSR count).